The van der Waals surface area contributed by atoms with Gasteiger partial charge in [-0.3, -0.25) is 0 Å². The van der Waals surface area contributed by atoms with Gasteiger partial charge in [-0.15, -0.1) is 0 Å². The molecule has 0 spiro atoms. The molecule has 0 bridgehead atoms. The summed E-state index contributed by atoms with van der Waals surface area (Å²) in [4.78, 5) is 4.34. The van der Waals surface area contributed by atoms with Gasteiger partial charge in [-0.05, 0) is 19.4 Å². The lowest BCUT2D eigenvalue weighted by molar-refractivity contribution is 0.348. The van der Waals surface area contributed by atoms with Crippen molar-refractivity contribution >= 4 is 0 Å². The van der Waals surface area contributed by atoms with Gasteiger partial charge in [0.25, 0.3) is 0 Å². The van der Waals surface area contributed by atoms with Crippen molar-refractivity contribution in [3.63, 3.8) is 0 Å². The fourth-order valence-corrected chi connectivity index (χ4v) is 1.72. The van der Waals surface area contributed by atoms with E-state index in [9.17, 15) is 0 Å². The van der Waals surface area contributed by atoms with Crippen molar-refractivity contribution < 1.29 is 4.52 Å². The fourth-order valence-electron chi connectivity index (χ4n) is 1.72. The molecule has 90 valence electrons. The number of benzene rings is 1. The Balaban J connectivity index is 2.23. The Hall–Kier alpha value is -1.68. The van der Waals surface area contributed by atoms with Gasteiger partial charge in [0.15, 0.2) is 0 Å². The van der Waals surface area contributed by atoms with Gasteiger partial charge in [-0.2, -0.15) is 4.98 Å². The summed E-state index contributed by atoms with van der Waals surface area (Å²) in [6.45, 7) is 4.12. The van der Waals surface area contributed by atoms with Crippen LogP contribution >= 0.6 is 0 Å². The van der Waals surface area contributed by atoms with E-state index in [1.165, 1.54) is 5.56 Å². The summed E-state index contributed by atoms with van der Waals surface area (Å²) in [6.07, 6.45) is 1.86. The lowest BCUT2D eigenvalue weighted by atomic mass is 10.1. The van der Waals surface area contributed by atoms with Crippen molar-refractivity contribution in [2.24, 2.45) is 5.73 Å². The van der Waals surface area contributed by atoms with Crippen LogP contribution in [0.5, 0.6) is 0 Å². The van der Waals surface area contributed by atoms with E-state index in [0.717, 1.165) is 18.4 Å². The van der Waals surface area contributed by atoms with E-state index in [2.05, 4.69) is 17.1 Å². The quantitative estimate of drug-likeness (QED) is 0.878. The third-order valence-corrected chi connectivity index (χ3v) is 2.63. The summed E-state index contributed by atoms with van der Waals surface area (Å²) in [6, 6.07) is 7.85. The summed E-state index contributed by atoms with van der Waals surface area (Å²) >= 11 is 0. The minimum Gasteiger partial charge on any atom is -0.337 e. The number of nitrogens with two attached hydrogens (primary N) is 1. The van der Waals surface area contributed by atoms with Gasteiger partial charge in [0.05, 0.1) is 6.04 Å². The maximum absolute atomic E-state index is 5.93. The highest BCUT2D eigenvalue weighted by molar-refractivity contribution is 5.55. The standard InChI is InChI=1S/C13H17N3O/c1-3-5-11(14)13-15-12(16-17-13)10-7-4-6-9(2)8-10/h4,6-8,11H,3,5,14H2,1-2H3/t11-/m0/s1. The SMILES string of the molecule is CCC[C@H](N)c1nc(-c2cccc(C)c2)no1. The van der Waals surface area contributed by atoms with Gasteiger partial charge >= 0.3 is 0 Å². The van der Waals surface area contributed by atoms with E-state index >= 15 is 0 Å². The molecule has 0 amide bonds. The molecule has 0 saturated carbocycles. The second kappa shape index (κ2) is 5.10. The number of aromatic nitrogens is 2. The third-order valence-electron chi connectivity index (χ3n) is 2.63. The molecule has 0 unspecified atom stereocenters. The van der Waals surface area contributed by atoms with Gasteiger partial charge in [0.2, 0.25) is 11.7 Å². The first kappa shape index (κ1) is 11.8. The molecule has 17 heavy (non-hydrogen) atoms. The molecule has 2 rings (SSSR count). The zero-order chi connectivity index (χ0) is 12.3. The Labute approximate surface area is 101 Å². The molecular weight excluding hydrogens is 214 g/mol. The van der Waals surface area contributed by atoms with Gasteiger partial charge in [-0.1, -0.05) is 42.3 Å². The second-order valence-electron chi connectivity index (χ2n) is 4.22. The van der Waals surface area contributed by atoms with Gasteiger partial charge in [-0.25, -0.2) is 0 Å². The summed E-state index contributed by atoms with van der Waals surface area (Å²) in [5.74, 6) is 1.12. The molecule has 1 atom stereocenters. The van der Waals surface area contributed by atoms with Crippen LogP contribution in [0.15, 0.2) is 28.8 Å². The Morgan fingerprint density at radius 3 is 2.94 bits per heavy atom. The Bertz CT molecular complexity index is 493. The van der Waals surface area contributed by atoms with Crippen molar-refractivity contribution in [3.05, 3.63) is 35.7 Å². The number of nitrogens with zero attached hydrogens (tertiary/aromatic N) is 2. The topological polar surface area (TPSA) is 64.9 Å². The van der Waals surface area contributed by atoms with Gasteiger partial charge in [0.1, 0.15) is 0 Å². The van der Waals surface area contributed by atoms with Crippen LogP contribution in [-0.2, 0) is 0 Å². The van der Waals surface area contributed by atoms with E-state index < -0.39 is 0 Å². The number of hydrogen-bond donors (Lipinski definition) is 1. The van der Waals surface area contributed by atoms with Crippen LogP contribution in [0, 0.1) is 6.92 Å². The lowest BCUT2D eigenvalue weighted by Gasteiger charge is -2.02. The number of aryl methyl sites for hydroxylation is 1. The molecule has 2 N–H and O–H groups in total. The van der Waals surface area contributed by atoms with E-state index in [-0.39, 0.29) is 6.04 Å². The summed E-state index contributed by atoms with van der Waals surface area (Å²) < 4.78 is 5.19. The van der Waals surface area contributed by atoms with E-state index in [0.29, 0.717) is 11.7 Å². The molecule has 1 aromatic heterocycles. The zero-order valence-corrected chi connectivity index (χ0v) is 10.2. The van der Waals surface area contributed by atoms with Crippen LogP contribution in [-0.4, -0.2) is 10.1 Å². The molecule has 4 heteroatoms. The summed E-state index contributed by atoms with van der Waals surface area (Å²) in [5.41, 5.74) is 8.07. The normalized spacial score (nSPS) is 12.6. The van der Waals surface area contributed by atoms with Crippen molar-refractivity contribution in [2.45, 2.75) is 32.7 Å². The Kier molecular flexibility index (Phi) is 3.54. The van der Waals surface area contributed by atoms with Crippen molar-refractivity contribution in [1.82, 2.24) is 10.1 Å². The third kappa shape index (κ3) is 2.71. The summed E-state index contributed by atoms with van der Waals surface area (Å²) in [7, 11) is 0. The number of rotatable bonds is 4. The smallest absolute Gasteiger partial charge is 0.243 e. The van der Waals surface area contributed by atoms with Crippen LogP contribution in [0.3, 0.4) is 0 Å². The van der Waals surface area contributed by atoms with Crippen molar-refractivity contribution in [1.29, 1.82) is 0 Å². The predicted molar refractivity (Wildman–Crippen MR) is 66.3 cm³/mol. The molecule has 2 aromatic rings. The van der Waals surface area contributed by atoms with Crippen LogP contribution in [0.1, 0.15) is 37.3 Å². The fraction of sp³-hybridized carbons (Fsp3) is 0.385. The van der Waals surface area contributed by atoms with Crippen molar-refractivity contribution in [2.75, 3.05) is 0 Å². The Morgan fingerprint density at radius 1 is 1.41 bits per heavy atom. The highest BCUT2D eigenvalue weighted by Gasteiger charge is 2.14. The molecule has 1 aromatic carbocycles. The van der Waals surface area contributed by atoms with E-state index in [1.54, 1.807) is 0 Å². The molecule has 1 heterocycles. The molecule has 0 radical (unpaired) electrons. The molecular formula is C13H17N3O. The largest absolute Gasteiger partial charge is 0.337 e. The van der Waals surface area contributed by atoms with Crippen molar-refractivity contribution in [3.8, 4) is 11.4 Å². The molecule has 4 nitrogen and oxygen atoms in total. The Morgan fingerprint density at radius 2 is 2.24 bits per heavy atom. The highest BCUT2D eigenvalue weighted by Crippen LogP contribution is 2.20. The maximum atomic E-state index is 5.93. The molecule has 0 aliphatic carbocycles. The maximum Gasteiger partial charge on any atom is 0.243 e. The zero-order valence-electron chi connectivity index (χ0n) is 10.2. The highest BCUT2D eigenvalue weighted by atomic mass is 16.5. The van der Waals surface area contributed by atoms with Crippen LogP contribution in [0.4, 0.5) is 0 Å². The van der Waals surface area contributed by atoms with Crippen LogP contribution in [0.2, 0.25) is 0 Å². The first-order valence-electron chi connectivity index (χ1n) is 5.87. The van der Waals surface area contributed by atoms with E-state index in [1.807, 2.05) is 31.2 Å². The lowest BCUT2D eigenvalue weighted by Crippen LogP contribution is -2.09. The second-order valence-corrected chi connectivity index (χ2v) is 4.22. The van der Waals surface area contributed by atoms with Gasteiger partial charge < -0.3 is 10.3 Å². The minimum absolute atomic E-state index is 0.161. The van der Waals surface area contributed by atoms with Crippen LogP contribution < -0.4 is 5.73 Å². The molecule has 0 aliphatic rings. The molecule has 0 saturated heterocycles. The monoisotopic (exact) mass is 231 g/mol. The minimum atomic E-state index is -0.161. The van der Waals surface area contributed by atoms with E-state index in [4.69, 9.17) is 10.3 Å². The van der Waals surface area contributed by atoms with Gasteiger partial charge in [0, 0.05) is 5.56 Å². The average Bonchev–Trinajstić information content (AvgIpc) is 2.78. The number of hydrogen-bond acceptors (Lipinski definition) is 4. The first-order valence-corrected chi connectivity index (χ1v) is 5.87. The molecule has 0 aliphatic heterocycles. The predicted octanol–water partition coefficient (Wildman–Crippen LogP) is 2.84. The van der Waals surface area contributed by atoms with Crippen LogP contribution in [0.25, 0.3) is 11.4 Å². The average molecular weight is 231 g/mol. The first-order chi connectivity index (χ1) is 8.20. The molecule has 0 fully saturated rings. The summed E-state index contributed by atoms with van der Waals surface area (Å²) in [5, 5.41) is 3.96.